The highest BCUT2D eigenvalue weighted by molar-refractivity contribution is 5.94. The molecule has 7 nitrogen and oxygen atoms in total. The van der Waals surface area contributed by atoms with E-state index < -0.39 is 22.7 Å². The van der Waals surface area contributed by atoms with Crippen molar-refractivity contribution in [1.82, 2.24) is 14.3 Å². The minimum Gasteiger partial charge on any atom is -0.491 e. The topological polar surface area (TPSA) is 81.8 Å². The monoisotopic (exact) mass is 451 g/mol. The van der Waals surface area contributed by atoms with Gasteiger partial charge in [-0.15, -0.1) is 0 Å². The number of methoxy groups -OCH3 is 1. The first-order valence-electron chi connectivity index (χ1n) is 9.97. The second-order valence-corrected chi connectivity index (χ2v) is 7.33. The lowest BCUT2D eigenvalue weighted by Crippen LogP contribution is -2.31. The van der Waals surface area contributed by atoms with Gasteiger partial charge in [-0.05, 0) is 35.4 Å². The van der Waals surface area contributed by atoms with Crippen LogP contribution in [0.25, 0.3) is 5.52 Å². The predicted molar refractivity (Wildman–Crippen MR) is 118 cm³/mol. The Kier molecular flexibility index (Phi) is 6.03. The number of hydrogen-bond donors (Lipinski definition) is 1. The van der Waals surface area contributed by atoms with Gasteiger partial charge in [-0.25, -0.2) is 8.78 Å². The van der Waals surface area contributed by atoms with E-state index in [-0.39, 0.29) is 35.7 Å². The highest BCUT2D eigenvalue weighted by Crippen LogP contribution is 2.14. The molecule has 2 aromatic heterocycles. The van der Waals surface area contributed by atoms with E-state index in [0.29, 0.717) is 11.1 Å². The maximum Gasteiger partial charge on any atom is 0.279 e. The molecule has 4 rings (SSSR count). The molecule has 0 radical (unpaired) electrons. The molecule has 9 heteroatoms. The van der Waals surface area contributed by atoms with Gasteiger partial charge in [0.05, 0.1) is 13.7 Å². The Balaban J connectivity index is 1.68. The van der Waals surface area contributed by atoms with Gasteiger partial charge in [0.25, 0.3) is 11.5 Å². The van der Waals surface area contributed by atoms with Gasteiger partial charge >= 0.3 is 0 Å². The van der Waals surface area contributed by atoms with Crippen molar-refractivity contribution in [3.63, 3.8) is 0 Å². The molecule has 2 heterocycles. The Hall–Kier alpha value is -4.27. The van der Waals surface area contributed by atoms with Crippen LogP contribution < -0.4 is 21.0 Å². The molecule has 0 bridgehead atoms. The maximum atomic E-state index is 13.2. The molecule has 0 fully saturated rings. The standard InChI is InChI=1S/C24H19F2N3O4/c1-33-22-20-24(32)29(13-16-4-8-18(26)9-5-16)11-10-28(20)14-19(21(22)30)23(31)27-12-15-2-6-17(25)7-3-15/h2-11,14H,12-13H2,1H3,(H,27,31). The number of amides is 1. The molecule has 0 saturated carbocycles. The van der Waals surface area contributed by atoms with Crippen LogP contribution in [0.1, 0.15) is 21.5 Å². The van der Waals surface area contributed by atoms with Crippen LogP contribution in [0, 0.1) is 11.6 Å². The summed E-state index contributed by atoms with van der Waals surface area (Å²) in [6, 6.07) is 11.3. The third-order valence-corrected chi connectivity index (χ3v) is 5.14. The van der Waals surface area contributed by atoms with Crippen molar-refractivity contribution in [3.05, 3.63) is 116 Å². The van der Waals surface area contributed by atoms with Crippen LogP contribution in [0.4, 0.5) is 8.78 Å². The Bertz CT molecular complexity index is 1440. The number of rotatable bonds is 6. The third kappa shape index (κ3) is 4.52. The van der Waals surface area contributed by atoms with E-state index in [2.05, 4.69) is 5.32 Å². The molecule has 0 aliphatic rings. The highest BCUT2D eigenvalue weighted by atomic mass is 19.1. The molecule has 0 aliphatic heterocycles. The summed E-state index contributed by atoms with van der Waals surface area (Å²) in [7, 11) is 1.24. The molecule has 1 N–H and O–H groups in total. The van der Waals surface area contributed by atoms with Crippen molar-refractivity contribution < 1.29 is 18.3 Å². The van der Waals surface area contributed by atoms with Gasteiger partial charge in [0.15, 0.2) is 11.3 Å². The molecule has 0 saturated heterocycles. The highest BCUT2D eigenvalue weighted by Gasteiger charge is 2.20. The molecule has 1 amide bonds. The molecule has 0 aliphatic carbocycles. The van der Waals surface area contributed by atoms with Gasteiger partial charge in [0, 0.05) is 25.1 Å². The third-order valence-electron chi connectivity index (χ3n) is 5.14. The van der Waals surface area contributed by atoms with Gasteiger partial charge in [-0.2, -0.15) is 0 Å². The minimum atomic E-state index is -0.731. The number of nitrogens with one attached hydrogen (secondary N) is 1. The van der Waals surface area contributed by atoms with Crippen LogP contribution in [-0.4, -0.2) is 22.0 Å². The van der Waals surface area contributed by atoms with Crippen molar-refractivity contribution in [2.45, 2.75) is 13.1 Å². The molecule has 4 aromatic rings. The van der Waals surface area contributed by atoms with Crippen LogP contribution in [-0.2, 0) is 13.1 Å². The number of halogens is 2. The summed E-state index contributed by atoms with van der Waals surface area (Å²) < 4.78 is 34.1. The molecule has 0 spiro atoms. The lowest BCUT2D eigenvalue weighted by molar-refractivity contribution is 0.0949. The quantitative estimate of drug-likeness (QED) is 0.489. The van der Waals surface area contributed by atoms with Crippen molar-refractivity contribution in [3.8, 4) is 5.75 Å². The Morgan fingerprint density at radius 1 is 0.939 bits per heavy atom. The Labute approximate surface area is 186 Å². The van der Waals surface area contributed by atoms with Crippen molar-refractivity contribution >= 4 is 11.4 Å². The molecule has 0 atom stereocenters. The Morgan fingerprint density at radius 2 is 1.55 bits per heavy atom. The molecule has 2 aromatic carbocycles. The molecule has 168 valence electrons. The van der Waals surface area contributed by atoms with E-state index in [9.17, 15) is 23.2 Å². The number of carbonyl (C=O) groups excluding carboxylic acids is 1. The summed E-state index contributed by atoms with van der Waals surface area (Å²) in [4.78, 5) is 38.7. The zero-order chi connectivity index (χ0) is 23.5. The van der Waals surface area contributed by atoms with Crippen LogP contribution >= 0.6 is 0 Å². The average molecular weight is 451 g/mol. The fourth-order valence-corrected chi connectivity index (χ4v) is 3.43. The van der Waals surface area contributed by atoms with Gasteiger partial charge in [-0.3, -0.25) is 14.4 Å². The summed E-state index contributed by atoms with van der Waals surface area (Å²) in [5.41, 5.74) is -0.119. The van der Waals surface area contributed by atoms with Crippen LogP contribution in [0.3, 0.4) is 0 Å². The van der Waals surface area contributed by atoms with E-state index in [1.807, 2.05) is 0 Å². The summed E-state index contributed by atoms with van der Waals surface area (Å²) in [6.45, 7) is 0.246. The fourth-order valence-electron chi connectivity index (χ4n) is 3.43. The number of carbonyl (C=O) groups is 1. The van der Waals surface area contributed by atoms with Gasteiger partial charge in [0.1, 0.15) is 17.2 Å². The molecular weight excluding hydrogens is 432 g/mol. The summed E-state index contributed by atoms with van der Waals surface area (Å²) in [5, 5.41) is 2.61. The first-order chi connectivity index (χ1) is 15.9. The van der Waals surface area contributed by atoms with Crippen LogP contribution in [0.2, 0.25) is 0 Å². The summed E-state index contributed by atoms with van der Waals surface area (Å²) in [5.74, 6) is -1.70. The lowest BCUT2D eigenvalue weighted by atomic mass is 10.2. The van der Waals surface area contributed by atoms with E-state index in [4.69, 9.17) is 4.74 Å². The predicted octanol–water partition coefficient (Wildman–Crippen LogP) is 2.73. The second kappa shape index (κ2) is 9.07. The summed E-state index contributed by atoms with van der Waals surface area (Å²) in [6.07, 6.45) is 4.30. The van der Waals surface area contributed by atoms with Gasteiger partial charge in [-0.1, -0.05) is 24.3 Å². The number of aromatic nitrogens is 2. The zero-order valence-electron chi connectivity index (χ0n) is 17.5. The first kappa shape index (κ1) is 21.9. The van der Waals surface area contributed by atoms with E-state index in [0.717, 1.165) is 0 Å². The SMILES string of the molecule is COc1c(=O)c(C(=O)NCc2ccc(F)cc2)cn2ccn(Cc3ccc(F)cc3)c(=O)c12. The number of benzene rings is 2. The van der Waals surface area contributed by atoms with Crippen LogP contribution in [0.15, 0.2) is 76.7 Å². The van der Waals surface area contributed by atoms with Gasteiger partial charge < -0.3 is 19.0 Å². The van der Waals surface area contributed by atoms with E-state index >= 15 is 0 Å². The van der Waals surface area contributed by atoms with Crippen molar-refractivity contribution in [2.24, 2.45) is 0 Å². The maximum absolute atomic E-state index is 13.2. The van der Waals surface area contributed by atoms with Crippen molar-refractivity contribution in [2.75, 3.05) is 7.11 Å². The molecular formula is C24H19F2N3O4. The fraction of sp³-hybridized carbons (Fsp3) is 0.125. The van der Waals surface area contributed by atoms with Crippen LogP contribution in [0.5, 0.6) is 5.75 Å². The normalized spacial score (nSPS) is 10.9. The number of nitrogens with zero attached hydrogens (tertiary/aromatic N) is 2. The van der Waals surface area contributed by atoms with Gasteiger partial charge in [0.2, 0.25) is 5.43 Å². The van der Waals surface area contributed by atoms with E-state index in [1.54, 1.807) is 12.1 Å². The first-order valence-corrected chi connectivity index (χ1v) is 9.97. The number of fused-ring (bicyclic) bond motifs is 1. The number of hydrogen-bond acceptors (Lipinski definition) is 4. The second-order valence-electron chi connectivity index (χ2n) is 7.33. The largest absolute Gasteiger partial charge is 0.491 e. The number of pyridine rings is 1. The average Bonchev–Trinajstić information content (AvgIpc) is 2.81. The number of ether oxygens (including phenoxy) is 1. The smallest absolute Gasteiger partial charge is 0.279 e. The molecule has 33 heavy (non-hydrogen) atoms. The summed E-state index contributed by atoms with van der Waals surface area (Å²) >= 11 is 0. The zero-order valence-corrected chi connectivity index (χ0v) is 17.5. The minimum absolute atomic E-state index is 0.0257. The Morgan fingerprint density at radius 3 is 2.15 bits per heavy atom. The molecule has 0 unspecified atom stereocenters. The lowest BCUT2D eigenvalue weighted by Gasteiger charge is -2.13. The van der Waals surface area contributed by atoms with E-state index in [1.165, 1.54) is 71.1 Å². The van der Waals surface area contributed by atoms with Crippen molar-refractivity contribution in [1.29, 1.82) is 0 Å².